The third-order valence-corrected chi connectivity index (χ3v) is 4.38. The Morgan fingerprint density at radius 3 is 2.73 bits per heavy atom. The minimum atomic E-state index is 0.388. The predicted octanol–water partition coefficient (Wildman–Crippen LogP) is 3.74. The molecular formula is C14H22O. The molecule has 0 radical (unpaired) electrons. The van der Waals surface area contributed by atoms with Gasteiger partial charge in [0.2, 0.25) is 0 Å². The van der Waals surface area contributed by atoms with E-state index in [-0.39, 0.29) is 0 Å². The zero-order chi connectivity index (χ0) is 11.1. The van der Waals surface area contributed by atoms with E-state index >= 15 is 0 Å². The molecular weight excluding hydrogens is 184 g/mol. The molecule has 1 fully saturated rings. The van der Waals surface area contributed by atoms with Crippen LogP contribution in [0.1, 0.15) is 52.9 Å². The summed E-state index contributed by atoms with van der Waals surface area (Å²) in [5, 5.41) is 0. The predicted molar refractivity (Wildman–Crippen MR) is 62.6 cm³/mol. The Balaban J connectivity index is 2.12. The summed E-state index contributed by atoms with van der Waals surface area (Å²) in [6.45, 7) is 6.84. The van der Waals surface area contributed by atoms with Crippen molar-refractivity contribution in [1.82, 2.24) is 0 Å². The van der Waals surface area contributed by atoms with Gasteiger partial charge in [0.25, 0.3) is 0 Å². The molecule has 1 saturated carbocycles. The molecule has 0 amide bonds. The normalized spacial score (nSPS) is 38.9. The highest BCUT2D eigenvalue weighted by Crippen LogP contribution is 2.54. The lowest BCUT2D eigenvalue weighted by Crippen LogP contribution is -2.47. The van der Waals surface area contributed by atoms with Crippen LogP contribution in [0.4, 0.5) is 0 Å². The molecule has 0 saturated heterocycles. The van der Waals surface area contributed by atoms with Gasteiger partial charge in [-0.25, -0.2) is 0 Å². The van der Waals surface area contributed by atoms with E-state index in [0.29, 0.717) is 23.0 Å². The minimum absolute atomic E-state index is 0.388. The second kappa shape index (κ2) is 3.77. The van der Waals surface area contributed by atoms with Crippen molar-refractivity contribution < 1.29 is 4.79 Å². The number of hydrogen-bond acceptors (Lipinski definition) is 1. The van der Waals surface area contributed by atoms with Gasteiger partial charge in [-0.3, -0.25) is 4.79 Å². The molecule has 0 N–H and O–H groups in total. The molecule has 0 aliphatic heterocycles. The van der Waals surface area contributed by atoms with Crippen molar-refractivity contribution in [2.45, 2.75) is 52.9 Å². The van der Waals surface area contributed by atoms with Crippen LogP contribution in [-0.4, -0.2) is 5.78 Å². The van der Waals surface area contributed by atoms with E-state index in [2.05, 4.69) is 26.8 Å². The summed E-state index contributed by atoms with van der Waals surface area (Å²) in [5.41, 5.74) is 1.89. The van der Waals surface area contributed by atoms with Crippen molar-refractivity contribution in [2.24, 2.45) is 17.3 Å². The van der Waals surface area contributed by atoms with Crippen molar-refractivity contribution in [3.05, 3.63) is 11.6 Å². The highest BCUT2D eigenvalue weighted by atomic mass is 16.1. The molecule has 0 aromatic rings. The molecule has 1 heteroatoms. The van der Waals surface area contributed by atoms with Gasteiger partial charge >= 0.3 is 0 Å². The molecule has 1 nitrogen and oxygen atoms in total. The fourth-order valence-electron chi connectivity index (χ4n) is 3.31. The van der Waals surface area contributed by atoms with Crippen molar-refractivity contribution >= 4 is 5.78 Å². The Kier molecular flexibility index (Phi) is 2.74. The average Bonchev–Trinajstić information content (AvgIpc) is 2.18. The minimum Gasteiger partial charge on any atom is -0.299 e. The molecule has 0 aromatic heterocycles. The molecule has 15 heavy (non-hydrogen) atoms. The van der Waals surface area contributed by atoms with Gasteiger partial charge in [0, 0.05) is 12.3 Å². The molecule has 2 rings (SSSR count). The average molecular weight is 206 g/mol. The second-order valence-electron chi connectivity index (χ2n) is 6.00. The Labute approximate surface area is 92.9 Å². The lowest BCUT2D eigenvalue weighted by atomic mass is 9.53. The fraction of sp³-hybridized carbons (Fsp3) is 0.786. The quantitative estimate of drug-likeness (QED) is 0.552. The Bertz CT molecular complexity index is 298. The van der Waals surface area contributed by atoms with E-state index < -0.39 is 0 Å². The van der Waals surface area contributed by atoms with Crippen LogP contribution in [0.25, 0.3) is 0 Å². The Morgan fingerprint density at radius 2 is 2.07 bits per heavy atom. The first kappa shape index (κ1) is 10.9. The largest absolute Gasteiger partial charge is 0.299 e. The molecule has 2 unspecified atom stereocenters. The third-order valence-electron chi connectivity index (χ3n) is 4.38. The number of allylic oxidation sites excluding steroid dienone is 2. The smallest absolute Gasteiger partial charge is 0.136 e. The van der Waals surface area contributed by atoms with Crippen LogP contribution in [0.15, 0.2) is 11.6 Å². The lowest BCUT2D eigenvalue weighted by Gasteiger charge is -2.51. The van der Waals surface area contributed by atoms with Gasteiger partial charge in [-0.2, -0.15) is 0 Å². The number of rotatable bonds is 0. The van der Waals surface area contributed by atoms with Gasteiger partial charge in [-0.1, -0.05) is 25.5 Å². The Morgan fingerprint density at radius 1 is 1.33 bits per heavy atom. The van der Waals surface area contributed by atoms with Gasteiger partial charge in [0.15, 0.2) is 0 Å². The van der Waals surface area contributed by atoms with Crippen molar-refractivity contribution in [3.8, 4) is 0 Å². The maximum atomic E-state index is 11.9. The molecule has 2 atom stereocenters. The molecule has 0 spiro atoms. The summed E-state index contributed by atoms with van der Waals surface area (Å²) in [4.78, 5) is 11.9. The monoisotopic (exact) mass is 206 g/mol. The maximum absolute atomic E-state index is 11.9. The molecule has 0 bridgehead atoms. The molecule has 2 aliphatic rings. The third kappa shape index (κ3) is 2.02. The number of ketones is 1. The van der Waals surface area contributed by atoms with Crippen LogP contribution in [0.3, 0.4) is 0 Å². The fourth-order valence-corrected chi connectivity index (χ4v) is 3.31. The number of carbonyl (C=O) groups excluding carboxylic acids is 1. The van der Waals surface area contributed by atoms with Crippen LogP contribution in [0.2, 0.25) is 0 Å². The van der Waals surface area contributed by atoms with E-state index in [1.807, 2.05) is 0 Å². The topological polar surface area (TPSA) is 17.1 Å². The van der Waals surface area contributed by atoms with Gasteiger partial charge in [-0.15, -0.1) is 0 Å². The highest BCUT2D eigenvalue weighted by Gasteiger charge is 2.49. The van der Waals surface area contributed by atoms with Crippen LogP contribution < -0.4 is 0 Å². The summed E-state index contributed by atoms with van der Waals surface area (Å²) >= 11 is 0. The van der Waals surface area contributed by atoms with E-state index in [9.17, 15) is 4.79 Å². The van der Waals surface area contributed by atoms with Crippen molar-refractivity contribution in [3.63, 3.8) is 0 Å². The first-order valence-corrected chi connectivity index (χ1v) is 6.19. The number of fused-ring (bicyclic) bond motifs is 1. The van der Waals surface area contributed by atoms with Crippen LogP contribution in [0, 0.1) is 17.3 Å². The van der Waals surface area contributed by atoms with Crippen LogP contribution >= 0.6 is 0 Å². The Hall–Kier alpha value is -0.590. The first-order valence-electron chi connectivity index (χ1n) is 6.19. The SMILES string of the molecule is C/C1=C/CCC(=O)C2CC(C)(C)C2CC1. The van der Waals surface area contributed by atoms with Gasteiger partial charge in [-0.05, 0) is 43.9 Å². The van der Waals surface area contributed by atoms with Crippen LogP contribution in [-0.2, 0) is 4.79 Å². The first-order chi connectivity index (χ1) is 7.00. The summed E-state index contributed by atoms with van der Waals surface area (Å²) in [5.74, 6) is 1.55. The maximum Gasteiger partial charge on any atom is 0.136 e. The molecule has 0 aromatic carbocycles. The van der Waals surface area contributed by atoms with Gasteiger partial charge < -0.3 is 0 Å². The standard InChI is InChI=1S/C14H22O/c1-10-5-4-6-13(15)11-9-14(2,3)12(11)8-7-10/h5,11-12H,4,6-9H2,1-3H3/b10-5-. The van der Waals surface area contributed by atoms with Gasteiger partial charge in [0.1, 0.15) is 5.78 Å². The summed E-state index contributed by atoms with van der Waals surface area (Å²) in [7, 11) is 0. The lowest BCUT2D eigenvalue weighted by molar-refractivity contribution is -0.136. The highest BCUT2D eigenvalue weighted by molar-refractivity contribution is 5.82. The van der Waals surface area contributed by atoms with Crippen molar-refractivity contribution in [1.29, 1.82) is 0 Å². The summed E-state index contributed by atoms with van der Waals surface area (Å²) in [6.07, 6.45) is 7.53. The number of carbonyl (C=O) groups is 1. The number of hydrogen-bond donors (Lipinski definition) is 0. The summed E-state index contributed by atoms with van der Waals surface area (Å²) in [6, 6.07) is 0. The van der Waals surface area contributed by atoms with Crippen LogP contribution in [0.5, 0.6) is 0 Å². The number of Topliss-reactive ketones (excluding diaryl/α,β-unsaturated/α-hetero) is 1. The van der Waals surface area contributed by atoms with E-state index in [1.165, 1.54) is 18.4 Å². The van der Waals surface area contributed by atoms with E-state index in [4.69, 9.17) is 0 Å². The zero-order valence-corrected chi connectivity index (χ0v) is 10.2. The van der Waals surface area contributed by atoms with E-state index in [1.54, 1.807) is 0 Å². The van der Waals surface area contributed by atoms with E-state index in [0.717, 1.165) is 19.3 Å². The zero-order valence-electron chi connectivity index (χ0n) is 10.2. The van der Waals surface area contributed by atoms with Gasteiger partial charge in [0.05, 0.1) is 0 Å². The summed E-state index contributed by atoms with van der Waals surface area (Å²) < 4.78 is 0. The van der Waals surface area contributed by atoms with Crippen molar-refractivity contribution in [2.75, 3.05) is 0 Å². The molecule has 0 heterocycles. The molecule has 2 aliphatic carbocycles. The molecule has 84 valence electrons. The second-order valence-corrected chi connectivity index (χ2v) is 6.00.